The van der Waals surface area contributed by atoms with Crippen LogP contribution >= 0.6 is 0 Å². The molecule has 1 aliphatic carbocycles. The highest BCUT2D eigenvalue weighted by molar-refractivity contribution is 6.09. The van der Waals surface area contributed by atoms with Crippen molar-refractivity contribution in [1.29, 1.82) is 0 Å². The molecule has 2 heteroatoms. The second-order valence-corrected chi connectivity index (χ2v) is 6.10. The molecule has 0 unspecified atom stereocenters. The average Bonchev–Trinajstić information content (AvgIpc) is 3.35. The summed E-state index contributed by atoms with van der Waals surface area (Å²) in [5, 5.41) is 0. The standard InChI is InChI=1S/C20H20O2/c1-14-6-2-3-7-16(14)12-17-8-4-5-9-18(17)20(22)13-19(21)15-10-11-15/h2-9,15H,10-13H2,1H3. The lowest BCUT2D eigenvalue weighted by Gasteiger charge is -2.10. The number of ketones is 2. The highest BCUT2D eigenvalue weighted by Gasteiger charge is 2.31. The van der Waals surface area contributed by atoms with E-state index in [1.165, 1.54) is 11.1 Å². The summed E-state index contributed by atoms with van der Waals surface area (Å²) in [5.41, 5.74) is 4.14. The van der Waals surface area contributed by atoms with Crippen molar-refractivity contribution in [3.05, 3.63) is 70.8 Å². The number of benzene rings is 2. The molecule has 0 spiro atoms. The van der Waals surface area contributed by atoms with Gasteiger partial charge in [0.05, 0.1) is 6.42 Å². The van der Waals surface area contributed by atoms with Crippen LogP contribution in [0, 0.1) is 12.8 Å². The number of aryl methyl sites for hydroxylation is 1. The third-order valence-electron chi connectivity index (χ3n) is 4.33. The molecule has 0 saturated heterocycles. The monoisotopic (exact) mass is 292 g/mol. The minimum absolute atomic E-state index is 0.0407. The van der Waals surface area contributed by atoms with Gasteiger partial charge < -0.3 is 0 Å². The Bertz CT molecular complexity index is 711. The zero-order valence-corrected chi connectivity index (χ0v) is 12.8. The summed E-state index contributed by atoms with van der Waals surface area (Å²) in [7, 11) is 0. The number of Topliss-reactive ketones (excluding diaryl/α,β-unsaturated/α-hetero) is 2. The summed E-state index contributed by atoms with van der Waals surface area (Å²) in [5.74, 6) is 0.212. The van der Waals surface area contributed by atoms with Crippen LogP contribution < -0.4 is 0 Å². The Labute approximate surface area is 131 Å². The van der Waals surface area contributed by atoms with E-state index in [4.69, 9.17) is 0 Å². The van der Waals surface area contributed by atoms with E-state index in [-0.39, 0.29) is 23.9 Å². The quantitative estimate of drug-likeness (QED) is 0.592. The first-order chi connectivity index (χ1) is 10.6. The average molecular weight is 292 g/mol. The first-order valence-corrected chi connectivity index (χ1v) is 7.83. The molecule has 112 valence electrons. The van der Waals surface area contributed by atoms with Crippen LogP contribution in [-0.4, -0.2) is 11.6 Å². The van der Waals surface area contributed by atoms with Gasteiger partial charge in [-0.1, -0.05) is 48.5 Å². The SMILES string of the molecule is Cc1ccccc1Cc1ccccc1C(=O)CC(=O)C1CC1. The largest absolute Gasteiger partial charge is 0.299 e. The van der Waals surface area contributed by atoms with Gasteiger partial charge in [0.25, 0.3) is 0 Å². The third kappa shape index (κ3) is 3.33. The molecule has 0 atom stereocenters. The lowest BCUT2D eigenvalue weighted by molar-refractivity contribution is -0.119. The molecule has 1 saturated carbocycles. The molecule has 0 heterocycles. The molecule has 0 aromatic heterocycles. The fourth-order valence-corrected chi connectivity index (χ4v) is 2.76. The second kappa shape index (κ2) is 6.27. The van der Waals surface area contributed by atoms with Crippen molar-refractivity contribution in [1.82, 2.24) is 0 Å². The lowest BCUT2D eigenvalue weighted by atomic mass is 9.93. The van der Waals surface area contributed by atoms with Crippen molar-refractivity contribution in [2.75, 3.05) is 0 Å². The molecule has 1 aliphatic rings. The molecular formula is C20H20O2. The van der Waals surface area contributed by atoms with Crippen molar-refractivity contribution in [3.63, 3.8) is 0 Å². The number of hydrogen-bond donors (Lipinski definition) is 0. The summed E-state index contributed by atoms with van der Waals surface area (Å²) in [6.45, 7) is 2.08. The van der Waals surface area contributed by atoms with E-state index >= 15 is 0 Å². The van der Waals surface area contributed by atoms with Crippen LogP contribution in [0.5, 0.6) is 0 Å². The van der Waals surface area contributed by atoms with Gasteiger partial charge in [-0.15, -0.1) is 0 Å². The molecule has 3 rings (SSSR count). The van der Waals surface area contributed by atoms with Gasteiger partial charge in [0.15, 0.2) is 5.78 Å². The molecule has 22 heavy (non-hydrogen) atoms. The summed E-state index contributed by atoms with van der Waals surface area (Å²) >= 11 is 0. The molecule has 0 amide bonds. The zero-order chi connectivity index (χ0) is 15.5. The van der Waals surface area contributed by atoms with Crippen molar-refractivity contribution >= 4 is 11.6 Å². The highest BCUT2D eigenvalue weighted by Crippen LogP contribution is 2.31. The number of rotatable bonds is 6. The lowest BCUT2D eigenvalue weighted by Crippen LogP contribution is -2.12. The van der Waals surface area contributed by atoms with E-state index in [0.29, 0.717) is 5.56 Å². The Morgan fingerprint density at radius 1 is 0.955 bits per heavy atom. The van der Waals surface area contributed by atoms with Crippen LogP contribution in [0.4, 0.5) is 0 Å². The van der Waals surface area contributed by atoms with Crippen molar-refractivity contribution in [3.8, 4) is 0 Å². The summed E-state index contributed by atoms with van der Waals surface area (Å²) in [6, 6.07) is 15.9. The van der Waals surface area contributed by atoms with E-state index < -0.39 is 0 Å². The summed E-state index contributed by atoms with van der Waals surface area (Å²) in [6.07, 6.45) is 2.69. The molecule has 2 aromatic rings. The van der Waals surface area contributed by atoms with E-state index in [1.54, 1.807) is 0 Å². The summed E-state index contributed by atoms with van der Waals surface area (Å²) in [4.78, 5) is 24.4. The maximum Gasteiger partial charge on any atom is 0.170 e. The Morgan fingerprint density at radius 3 is 2.27 bits per heavy atom. The van der Waals surface area contributed by atoms with Gasteiger partial charge in [-0.25, -0.2) is 0 Å². The fraction of sp³-hybridized carbons (Fsp3) is 0.300. The Morgan fingerprint density at radius 2 is 1.59 bits per heavy atom. The van der Waals surface area contributed by atoms with Crippen molar-refractivity contribution < 1.29 is 9.59 Å². The summed E-state index contributed by atoms with van der Waals surface area (Å²) < 4.78 is 0. The van der Waals surface area contributed by atoms with Gasteiger partial charge >= 0.3 is 0 Å². The van der Waals surface area contributed by atoms with Crippen molar-refractivity contribution in [2.45, 2.75) is 32.6 Å². The minimum atomic E-state index is -0.0407. The third-order valence-corrected chi connectivity index (χ3v) is 4.33. The molecule has 1 fully saturated rings. The fourth-order valence-electron chi connectivity index (χ4n) is 2.76. The molecule has 0 N–H and O–H groups in total. The molecule has 0 bridgehead atoms. The van der Waals surface area contributed by atoms with E-state index in [9.17, 15) is 9.59 Å². The van der Waals surface area contributed by atoms with Gasteiger partial charge in [-0.3, -0.25) is 9.59 Å². The van der Waals surface area contributed by atoms with Crippen LogP contribution in [-0.2, 0) is 11.2 Å². The molecule has 2 aromatic carbocycles. The molecule has 0 aliphatic heterocycles. The van der Waals surface area contributed by atoms with Gasteiger partial charge in [0.1, 0.15) is 5.78 Å². The van der Waals surface area contributed by atoms with Gasteiger partial charge in [-0.2, -0.15) is 0 Å². The minimum Gasteiger partial charge on any atom is -0.299 e. The van der Waals surface area contributed by atoms with Crippen molar-refractivity contribution in [2.24, 2.45) is 5.92 Å². The van der Waals surface area contributed by atoms with E-state index in [2.05, 4.69) is 19.1 Å². The molecular weight excluding hydrogens is 272 g/mol. The van der Waals surface area contributed by atoms with E-state index in [1.807, 2.05) is 36.4 Å². The second-order valence-electron chi connectivity index (χ2n) is 6.10. The highest BCUT2D eigenvalue weighted by atomic mass is 16.1. The van der Waals surface area contributed by atoms with Crippen LogP contribution in [0.25, 0.3) is 0 Å². The smallest absolute Gasteiger partial charge is 0.170 e. The number of carbonyl (C=O) groups is 2. The van der Waals surface area contributed by atoms with Gasteiger partial charge in [0.2, 0.25) is 0 Å². The zero-order valence-electron chi connectivity index (χ0n) is 12.8. The van der Waals surface area contributed by atoms with Crippen LogP contribution in [0.15, 0.2) is 48.5 Å². The molecule has 0 radical (unpaired) electrons. The topological polar surface area (TPSA) is 34.1 Å². The van der Waals surface area contributed by atoms with Crippen LogP contribution in [0.2, 0.25) is 0 Å². The normalized spacial score (nSPS) is 13.9. The first kappa shape index (κ1) is 14.7. The Hall–Kier alpha value is -2.22. The Kier molecular flexibility index (Phi) is 4.19. The number of carbonyl (C=O) groups excluding carboxylic acids is 2. The maximum atomic E-state index is 12.5. The number of hydrogen-bond acceptors (Lipinski definition) is 2. The first-order valence-electron chi connectivity index (χ1n) is 7.83. The predicted molar refractivity (Wildman–Crippen MR) is 87.1 cm³/mol. The molecule has 2 nitrogen and oxygen atoms in total. The maximum absolute atomic E-state index is 12.5. The Balaban J connectivity index is 1.81. The van der Waals surface area contributed by atoms with Crippen LogP contribution in [0.3, 0.4) is 0 Å². The van der Waals surface area contributed by atoms with Gasteiger partial charge in [-0.05, 0) is 42.9 Å². The van der Waals surface area contributed by atoms with Gasteiger partial charge in [0, 0.05) is 11.5 Å². The van der Waals surface area contributed by atoms with Crippen LogP contribution in [0.1, 0.15) is 46.3 Å². The van der Waals surface area contributed by atoms with E-state index in [0.717, 1.165) is 24.8 Å². The predicted octanol–water partition coefficient (Wildman–Crippen LogP) is 4.14.